The highest BCUT2D eigenvalue weighted by atomic mass is 79.9. The summed E-state index contributed by atoms with van der Waals surface area (Å²) < 4.78 is 17.8. The predicted octanol–water partition coefficient (Wildman–Crippen LogP) is 2.33. The average Bonchev–Trinajstić information content (AvgIpc) is 2.15. The Hall–Kier alpha value is -1.23. The summed E-state index contributed by atoms with van der Waals surface area (Å²) in [6.45, 7) is 1.70. The molecule has 0 saturated carbocycles. The summed E-state index contributed by atoms with van der Waals surface area (Å²) in [7, 11) is 0. The third-order valence-electron chi connectivity index (χ3n) is 1.59. The molecule has 15 heavy (non-hydrogen) atoms. The van der Waals surface area contributed by atoms with E-state index in [1.807, 2.05) is 0 Å². The van der Waals surface area contributed by atoms with Gasteiger partial charge in [-0.2, -0.15) is 0 Å². The number of halogens is 2. The zero-order chi connectivity index (χ0) is 11.4. The lowest BCUT2D eigenvalue weighted by molar-refractivity contribution is -0.137. The second kappa shape index (κ2) is 5.02. The lowest BCUT2D eigenvalue weighted by Gasteiger charge is -2.01. The quantitative estimate of drug-likeness (QED) is 0.483. The molecule has 0 aromatic heterocycles. The summed E-state index contributed by atoms with van der Waals surface area (Å²) in [6, 6.07) is 3.55. The van der Waals surface area contributed by atoms with Crippen LogP contribution in [0.3, 0.4) is 0 Å². The van der Waals surface area contributed by atoms with Crippen molar-refractivity contribution in [3.8, 4) is 0 Å². The largest absolute Gasteiger partial charge is 0.460 e. The molecule has 1 aromatic rings. The first-order valence-electron chi connectivity index (χ1n) is 4.22. The van der Waals surface area contributed by atoms with Crippen molar-refractivity contribution in [3.05, 3.63) is 34.1 Å². The maximum Gasteiger partial charge on any atom is 0.379 e. The number of Topliss-reactive ketones (excluding diaryl/α,β-unsaturated/α-hetero) is 1. The molecule has 0 fully saturated rings. The second-order valence-corrected chi connectivity index (χ2v) is 3.62. The summed E-state index contributed by atoms with van der Waals surface area (Å²) in [5.41, 5.74) is -0.0275. The Balaban J connectivity index is 2.96. The van der Waals surface area contributed by atoms with Crippen molar-refractivity contribution in [2.75, 3.05) is 6.61 Å². The van der Waals surface area contributed by atoms with Crippen molar-refractivity contribution in [1.82, 2.24) is 0 Å². The summed E-state index contributed by atoms with van der Waals surface area (Å²) >= 11 is 3.03. The molecule has 0 saturated heterocycles. The molecule has 0 atom stereocenters. The van der Waals surface area contributed by atoms with E-state index in [1.54, 1.807) is 6.92 Å². The van der Waals surface area contributed by atoms with E-state index in [0.29, 0.717) is 4.47 Å². The van der Waals surface area contributed by atoms with Gasteiger partial charge in [-0.05, 0) is 25.1 Å². The molecular formula is C10H8BrFO3. The van der Waals surface area contributed by atoms with Gasteiger partial charge in [-0.25, -0.2) is 9.18 Å². The lowest BCUT2D eigenvalue weighted by atomic mass is 10.1. The number of benzene rings is 1. The molecule has 0 unspecified atom stereocenters. The molecule has 0 N–H and O–H groups in total. The van der Waals surface area contributed by atoms with E-state index in [9.17, 15) is 14.0 Å². The van der Waals surface area contributed by atoms with Crippen LogP contribution in [0.2, 0.25) is 0 Å². The van der Waals surface area contributed by atoms with Crippen LogP contribution in [0.5, 0.6) is 0 Å². The van der Waals surface area contributed by atoms with Crippen LogP contribution < -0.4 is 0 Å². The number of rotatable bonds is 3. The van der Waals surface area contributed by atoms with Crippen molar-refractivity contribution >= 4 is 27.7 Å². The van der Waals surface area contributed by atoms with Gasteiger partial charge in [-0.1, -0.05) is 15.9 Å². The minimum Gasteiger partial charge on any atom is -0.460 e. The summed E-state index contributed by atoms with van der Waals surface area (Å²) in [6.07, 6.45) is 0. The first-order valence-corrected chi connectivity index (χ1v) is 5.01. The van der Waals surface area contributed by atoms with E-state index in [4.69, 9.17) is 0 Å². The molecule has 0 heterocycles. The van der Waals surface area contributed by atoms with Gasteiger partial charge in [-0.15, -0.1) is 0 Å². The monoisotopic (exact) mass is 274 g/mol. The van der Waals surface area contributed by atoms with E-state index in [2.05, 4.69) is 20.7 Å². The molecule has 0 aliphatic carbocycles. The molecule has 1 aromatic carbocycles. The van der Waals surface area contributed by atoms with Crippen molar-refractivity contribution in [2.45, 2.75) is 6.92 Å². The molecule has 0 aliphatic rings. The van der Waals surface area contributed by atoms with Gasteiger partial charge in [0, 0.05) is 10.0 Å². The molecule has 0 radical (unpaired) electrons. The van der Waals surface area contributed by atoms with Gasteiger partial charge in [0.1, 0.15) is 5.82 Å². The van der Waals surface area contributed by atoms with Crippen LogP contribution in [-0.2, 0) is 9.53 Å². The van der Waals surface area contributed by atoms with E-state index < -0.39 is 17.6 Å². The fourth-order valence-electron chi connectivity index (χ4n) is 0.999. The topological polar surface area (TPSA) is 43.4 Å². The number of carbonyl (C=O) groups excluding carboxylic acids is 2. The fourth-order valence-corrected chi connectivity index (χ4v) is 1.46. The fraction of sp³-hybridized carbons (Fsp3) is 0.200. The van der Waals surface area contributed by atoms with Gasteiger partial charge in [0.15, 0.2) is 0 Å². The molecule has 80 valence electrons. The second-order valence-electron chi connectivity index (χ2n) is 2.71. The predicted molar refractivity (Wildman–Crippen MR) is 55.1 cm³/mol. The highest BCUT2D eigenvalue weighted by molar-refractivity contribution is 9.10. The SMILES string of the molecule is CCOC(=O)C(=O)c1cc(F)cc(Br)c1. The Labute approximate surface area is 94.4 Å². The molecule has 3 nitrogen and oxygen atoms in total. The van der Waals surface area contributed by atoms with Crippen molar-refractivity contribution in [2.24, 2.45) is 0 Å². The van der Waals surface area contributed by atoms with E-state index >= 15 is 0 Å². The molecule has 1 rings (SSSR count). The Morgan fingerprint density at radius 2 is 2.07 bits per heavy atom. The smallest absolute Gasteiger partial charge is 0.379 e. The third kappa shape index (κ3) is 3.13. The minimum absolute atomic E-state index is 0.0275. The van der Waals surface area contributed by atoms with Crippen LogP contribution >= 0.6 is 15.9 Å². The third-order valence-corrected chi connectivity index (χ3v) is 2.04. The number of hydrogen-bond acceptors (Lipinski definition) is 3. The standard InChI is InChI=1S/C10H8BrFO3/c1-2-15-10(14)9(13)6-3-7(11)5-8(12)4-6/h3-5H,2H2,1H3. The van der Waals surface area contributed by atoms with Gasteiger partial charge in [0.2, 0.25) is 0 Å². The van der Waals surface area contributed by atoms with Gasteiger partial charge in [0.25, 0.3) is 5.78 Å². The van der Waals surface area contributed by atoms with E-state index in [-0.39, 0.29) is 12.2 Å². The van der Waals surface area contributed by atoms with Crippen LogP contribution in [0.15, 0.2) is 22.7 Å². The van der Waals surface area contributed by atoms with Gasteiger partial charge >= 0.3 is 5.97 Å². The van der Waals surface area contributed by atoms with Gasteiger partial charge < -0.3 is 4.74 Å². The zero-order valence-electron chi connectivity index (χ0n) is 7.92. The minimum atomic E-state index is -0.977. The first kappa shape index (κ1) is 11.8. The summed E-state index contributed by atoms with van der Waals surface area (Å²) in [4.78, 5) is 22.4. The van der Waals surface area contributed by atoms with Gasteiger partial charge in [0.05, 0.1) is 6.61 Å². The van der Waals surface area contributed by atoms with Crippen LogP contribution in [0.1, 0.15) is 17.3 Å². The lowest BCUT2D eigenvalue weighted by Crippen LogP contribution is -2.17. The normalized spacial score (nSPS) is 9.80. The van der Waals surface area contributed by atoms with Gasteiger partial charge in [-0.3, -0.25) is 4.79 Å². The van der Waals surface area contributed by atoms with Crippen LogP contribution in [-0.4, -0.2) is 18.4 Å². The van der Waals surface area contributed by atoms with Crippen molar-refractivity contribution in [1.29, 1.82) is 0 Å². The van der Waals surface area contributed by atoms with Crippen molar-refractivity contribution in [3.63, 3.8) is 0 Å². The Morgan fingerprint density at radius 3 is 2.60 bits per heavy atom. The maximum absolute atomic E-state index is 12.9. The average molecular weight is 275 g/mol. The highest BCUT2D eigenvalue weighted by Gasteiger charge is 2.18. The zero-order valence-corrected chi connectivity index (χ0v) is 9.51. The number of ketones is 1. The Kier molecular flexibility index (Phi) is 3.96. The number of carbonyl (C=O) groups is 2. The molecular weight excluding hydrogens is 267 g/mol. The molecule has 0 bridgehead atoms. The summed E-state index contributed by atoms with van der Waals surface area (Å²) in [5, 5.41) is 0. The number of ether oxygens (including phenoxy) is 1. The van der Waals surface area contributed by atoms with Crippen molar-refractivity contribution < 1.29 is 18.7 Å². The van der Waals surface area contributed by atoms with Crippen LogP contribution in [0.25, 0.3) is 0 Å². The van der Waals surface area contributed by atoms with E-state index in [1.165, 1.54) is 12.1 Å². The van der Waals surface area contributed by atoms with Crippen LogP contribution in [0, 0.1) is 5.82 Å². The molecule has 0 aliphatic heterocycles. The molecule has 5 heteroatoms. The molecule has 0 amide bonds. The molecule has 0 spiro atoms. The maximum atomic E-state index is 12.9. The first-order chi connectivity index (χ1) is 7.04. The Morgan fingerprint density at radius 1 is 1.40 bits per heavy atom. The highest BCUT2D eigenvalue weighted by Crippen LogP contribution is 2.15. The van der Waals surface area contributed by atoms with E-state index in [0.717, 1.165) is 6.07 Å². The Bertz CT molecular complexity index is 383. The summed E-state index contributed by atoms with van der Waals surface area (Å²) in [5.74, 6) is -2.41. The number of hydrogen-bond donors (Lipinski definition) is 0. The van der Waals surface area contributed by atoms with Crippen LogP contribution in [0.4, 0.5) is 4.39 Å². The number of esters is 1.